The molecule has 2 aliphatic rings. The fourth-order valence-electron chi connectivity index (χ4n) is 4.30. The van der Waals surface area contributed by atoms with Crippen LogP contribution in [0.15, 0.2) is 30.6 Å². The highest BCUT2D eigenvalue weighted by molar-refractivity contribution is 5.77. The Morgan fingerprint density at radius 3 is 2.81 bits per heavy atom. The Morgan fingerprint density at radius 1 is 1.33 bits per heavy atom. The summed E-state index contributed by atoms with van der Waals surface area (Å²) in [6, 6.07) is 7.91. The second-order valence-corrected chi connectivity index (χ2v) is 8.10. The summed E-state index contributed by atoms with van der Waals surface area (Å²) in [5.41, 5.74) is 0.417. The zero-order chi connectivity index (χ0) is 19.1. The Bertz CT molecular complexity index is 823. The minimum Gasteiger partial charge on any atom is -0.388 e. The Kier molecular flexibility index (Phi) is 4.70. The molecule has 2 saturated heterocycles. The van der Waals surface area contributed by atoms with Crippen LogP contribution in [0.3, 0.4) is 0 Å². The lowest BCUT2D eigenvalue weighted by Crippen LogP contribution is -2.59. The van der Waals surface area contributed by atoms with Crippen LogP contribution in [0.2, 0.25) is 0 Å². The van der Waals surface area contributed by atoms with Crippen LogP contribution in [0, 0.1) is 0 Å². The molecule has 1 aromatic carbocycles. The Hall–Kier alpha value is -1.96. The van der Waals surface area contributed by atoms with Gasteiger partial charge in [0.25, 0.3) is 0 Å². The van der Waals surface area contributed by atoms with Crippen molar-refractivity contribution >= 4 is 16.9 Å². The van der Waals surface area contributed by atoms with E-state index in [0.29, 0.717) is 45.3 Å². The predicted octanol–water partition coefficient (Wildman–Crippen LogP) is 1.32. The van der Waals surface area contributed by atoms with Gasteiger partial charge in [-0.1, -0.05) is 12.1 Å². The summed E-state index contributed by atoms with van der Waals surface area (Å²) in [6.45, 7) is 3.66. The maximum atomic E-state index is 12.6. The molecule has 3 heterocycles. The zero-order valence-electron chi connectivity index (χ0n) is 15.7. The third kappa shape index (κ3) is 3.59. The van der Waals surface area contributed by atoms with E-state index in [9.17, 15) is 15.0 Å². The third-order valence-electron chi connectivity index (χ3n) is 6.07. The Labute approximate surface area is 158 Å². The van der Waals surface area contributed by atoms with Crippen molar-refractivity contribution in [2.24, 2.45) is 0 Å². The molecule has 4 rings (SSSR count). The zero-order valence-corrected chi connectivity index (χ0v) is 15.7. The first kappa shape index (κ1) is 18.4. The second-order valence-electron chi connectivity index (χ2n) is 8.10. The highest BCUT2D eigenvalue weighted by Crippen LogP contribution is 2.39. The van der Waals surface area contributed by atoms with E-state index in [4.69, 9.17) is 4.74 Å². The van der Waals surface area contributed by atoms with Crippen LogP contribution in [-0.4, -0.2) is 67.6 Å². The maximum absolute atomic E-state index is 12.6. The molecular formula is C20H27N3O4. The highest BCUT2D eigenvalue weighted by atomic mass is 16.5. The monoisotopic (exact) mass is 373 g/mol. The third-order valence-corrected chi connectivity index (χ3v) is 6.07. The average Bonchev–Trinajstić information content (AvgIpc) is 3.07. The maximum Gasteiger partial charge on any atom is 0.224 e. The normalized spacial score (nSPS) is 28.0. The molecule has 2 aromatic rings. The fourth-order valence-corrected chi connectivity index (χ4v) is 4.30. The molecular weight excluding hydrogens is 346 g/mol. The number of rotatable bonds is 3. The molecule has 1 aromatic heterocycles. The first-order valence-corrected chi connectivity index (χ1v) is 9.61. The molecule has 0 bridgehead atoms. The summed E-state index contributed by atoms with van der Waals surface area (Å²) in [5.74, 6) is 0.130. The van der Waals surface area contributed by atoms with E-state index in [2.05, 4.69) is 4.98 Å². The van der Waals surface area contributed by atoms with Crippen LogP contribution in [0.1, 0.15) is 32.6 Å². The van der Waals surface area contributed by atoms with Gasteiger partial charge in [-0.05, 0) is 31.9 Å². The van der Waals surface area contributed by atoms with Crippen LogP contribution in [0.5, 0.6) is 0 Å². The van der Waals surface area contributed by atoms with Crippen LogP contribution < -0.4 is 0 Å². The number of imidazole rings is 1. The summed E-state index contributed by atoms with van der Waals surface area (Å²) >= 11 is 0. The minimum atomic E-state index is -1.13. The molecule has 0 unspecified atom stereocenters. The summed E-state index contributed by atoms with van der Waals surface area (Å²) in [4.78, 5) is 18.9. The number of aliphatic hydroxyl groups is 2. The van der Waals surface area contributed by atoms with Crippen LogP contribution in [0.4, 0.5) is 0 Å². The lowest BCUT2D eigenvalue weighted by molar-refractivity contribution is -0.222. The number of aliphatic hydroxyl groups excluding tert-OH is 1. The van der Waals surface area contributed by atoms with Gasteiger partial charge in [-0.25, -0.2) is 4.98 Å². The Balaban J connectivity index is 1.32. The van der Waals surface area contributed by atoms with Crippen molar-refractivity contribution in [2.75, 3.05) is 19.7 Å². The molecule has 7 heteroatoms. The summed E-state index contributed by atoms with van der Waals surface area (Å²) in [5, 5.41) is 20.3. The van der Waals surface area contributed by atoms with Gasteiger partial charge in [-0.2, -0.15) is 0 Å². The van der Waals surface area contributed by atoms with E-state index in [1.165, 1.54) is 0 Å². The van der Waals surface area contributed by atoms with Crippen molar-refractivity contribution in [3.8, 4) is 0 Å². The largest absolute Gasteiger partial charge is 0.388 e. The van der Waals surface area contributed by atoms with Gasteiger partial charge in [-0.15, -0.1) is 0 Å². The number of amides is 1. The number of carbonyl (C=O) groups is 1. The van der Waals surface area contributed by atoms with Gasteiger partial charge < -0.3 is 24.4 Å². The van der Waals surface area contributed by atoms with E-state index >= 15 is 0 Å². The van der Waals surface area contributed by atoms with Gasteiger partial charge in [0, 0.05) is 32.5 Å². The molecule has 2 aliphatic heterocycles. The van der Waals surface area contributed by atoms with Gasteiger partial charge in [0.15, 0.2) is 0 Å². The first-order valence-electron chi connectivity index (χ1n) is 9.61. The molecule has 2 fully saturated rings. The van der Waals surface area contributed by atoms with Crippen molar-refractivity contribution in [3.63, 3.8) is 0 Å². The molecule has 1 spiro atoms. The SMILES string of the molecule is C[C@]1(O)CC2(CCN(C(=O)CCn3cnc4ccccc43)CC2)OC[C@@H]1O. The van der Waals surface area contributed by atoms with Crippen molar-refractivity contribution in [1.29, 1.82) is 0 Å². The van der Waals surface area contributed by atoms with Crippen LogP contribution in [-0.2, 0) is 16.1 Å². The number of benzene rings is 1. The highest BCUT2D eigenvalue weighted by Gasteiger charge is 2.48. The van der Waals surface area contributed by atoms with Gasteiger partial charge in [0.1, 0.15) is 6.10 Å². The van der Waals surface area contributed by atoms with E-state index in [-0.39, 0.29) is 12.5 Å². The van der Waals surface area contributed by atoms with Crippen molar-refractivity contribution in [2.45, 2.75) is 56.5 Å². The fraction of sp³-hybridized carbons (Fsp3) is 0.600. The average molecular weight is 373 g/mol. The number of nitrogens with zero attached hydrogens (tertiary/aromatic N) is 3. The number of carbonyl (C=O) groups excluding carboxylic acids is 1. The van der Waals surface area contributed by atoms with E-state index in [0.717, 1.165) is 11.0 Å². The molecule has 27 heavy (non-hydrogen) atoms. The summed E-state index contributed by atoms with van der Waals surface area (Å²) < 4.78 is 7.90. The number of ether oxygens (including phenoxy) is 1. The van der Waals surface area contributed by atoms with Gasteiger partial charge in [-0.3, -0.25) is 4.79 Å². The topological polar surface area (TPSA) is 87.8 Å². The Morgan fingerprint density at radius 2 is 2.07 bits per heavy atom. The molecule has 2 atom stereocenters. The first-order chi connectivity index (χ1) is 12.9. The lowest BCUT2D eigenvalue weighted by Gasteiger charge is -2.49. The minimum absolute atomic E-state index is 0.130. The van der Waals surface area contributed by atoms with Gasteiger partial charge >= 0.3 is 0 Å². The lowest BCUT2D eigenvalue weighted by atomic mass is 9.76. The number of likely N-dealkylation sites (tertiary alicyclic amines) is 1. The van der Waals surface area contributed by atoms with E-state index in [1.807, 2.05) is 33.7 Å². The van der Waals surface area contributed by atoms with Crippen molar-refractivity contribution in [3.05, 3.63) is 30.6 Å². The number of piperidine rings is 1. The smallest absolute Gasteiger partial charge is 0.224 e. The number of hydrogen-bond donors (Lipinski definition) is 2. The van der Waals surface area contributed by atoms with Crippen LogP contribution >= 0.6 is 0 Å². The number of aromatic nitrogens is 2. The van der Waals surface area contributed by atoms with Gasteiger partial charge in [0.05, 0.1) is 35.2 Å². The standard InChI is InChI=1S/C20H27N3O4/c1-19(26)13-20(27-12-17(19)24)7-10-22(11-8-20)18(25)6-9-23-14-21-15-4-2-3-5-16(15)23/h2-5,14,17,24,26H,6-13H2,1H3/t17-,19-/m0/s1. The summed E-state index contributed by atoms with van der Waals surface area (Å²) in [6.07, 6.45) is 3.15. The number of para-hydroxylation sites is 2. The number of aryl methyl sites for hydroxylation is 1. The number of hydrogen-bond acceptors (Lipinski definition) is 5. The molecule has 7 nitrogen and oxygen atoms in total. The molecule has 1 amide bonds. The molecule has 0 aliphatic carbocycles. The summed E-state index contributed by atoms with van der Waals surface area (Å²) in [7, 11) is 0. The van der Waals surface area contributed by atoms with Crippen molar-refractivity contribution in [1.82, 2.24) is 14.5 Å². The van der Waals surface area contributed by atoms with E-state index < -0.39 is 17.3 Å². The molecule has 0 saturated carbocycles. The van der Waals surface area contributed by atoms with Crippen LogP contribution in [0.25, 0.3) is 11.0 Å². The number of fused-ring (bicyclic) bond motifs is 1. The van der Waals surface area contributed by atoms with Crippen molar-refractivity contribution < 1.29 is 19.7 Å². The molecule has 146 valence electrons. The molecule has 0 radical (unpaired) electrons. The van der Waals surface area contributed by atoms with E-state index in [1.54, 1.807) is 13.3 Å². The molecule has 2 N–H and O–H groups in total. The predicted molar refractivity (Wildman–Crippen MR) is 100 cm³/mol. The quantitative estimate of drug-likeness (QED) is 0.847. The van der Waals surface area contributed by atoms with Gasteiger partial charge in [0.2, 0.25) is 5.91 Å². The second kappa shape index (κ2) is 6.89.